The molecule has 3 aromatic rings. The number of benzene rings is 2. The van der Waals surface area contributed by atoms with Crippen LogP contribution in [-0.4, -0.2) is 4.57 Å². The standard InChI is InChI=1S/C17H14N2O/c18-10-12-19-11-9-15-16(19)7-4-8-17(15)20-13-14-5-2-1-3-6-14/h1-9,11H,12-13H2. The smallest absolute Gasteiger partial charge is 0.129 e. The lowest BCUT2D eigenvalue weighted by atomic mass is 10.2. The van der Waals surface area contributed by atoms with Gasteiger partial charge in [-0.3, -0.25) is 0 Å². The van der Waals surface area contributed by atoms with Gasteiger partial charge in [0, 0.05) is 11.6 Å². The first-order chi connectivity index (χ1) is 9.88. The van der Waals surface area contributed by atoms with E-state index in [4.69, 9.17) is 10.00 Å². The summed E-state index contributed by atoms with van der Waals surface area (Å²) in [5.74, 6) is 0.850. The number of aromatic nitrogens is 1. The molecule has 0 N–H and O–H groups in total. The van der Waals surface area contributed by atoms with Gasteiger partial charge in [0.1, 0.15) is 18.9 Å². The van der Waals surface area contributed by atoms with E-state index in [2.05, 4.69) is 6.07 Å². The van der Waals surface area contributed by atoms with Gasteiger partial charge < -0.3 is 9.30 Å². The molecule has 1 aromatic heterocycles. The monoisotopic (exact) mass is 262 g/mol. The minimum absolute atomic E-state index is 0.353. The van der Waals surface area contributed by atoms with Gasteiger partial charge in [0.05, 0.1) is 11.6 Å². The molecular formula is C17H14N2O. The normalized spacial score (nSPS) is 10.3. The molecule has 3 nitrogen and oxygen atoms in total. The Balaban J connectivity index is 1.87. The summed E-state index contributed by atoms with van der Waals surface area (Å²) >= 11 is 0. The molecule has 0 bridgehead atoms. The second-order valence-corrected chi connectivity index (χ2v) is 4.56. The number of nitriles is 1. The van der Waals surface area contributed by atoms with Crippen molar-refractivity contribution in [3.63, 3.8) is 0 Å². The second kappa shape index (κ2) is 5.50. The van der Waals surface area contributed by atoms with Gasteiger partial charge in [-0.15, -0.1) is 0 Å². The highest BCUT2D eigenvalue weighted by Crippen LogP contribution is 2.27. The Morgan fingerprint density at radius 1 is 1.00 bits per heavy atom. The van der Waals surface area contributed by atoms with Crippen molar-refractivity contribution in [3.8, 4) is 11.8 Å². The van der Waals surface area contributed by atoms with Crippen molar-refractivity contribution in [1.82, 2.24) is 4.57 Å². The van der Waals surface area contributed by atoms with Crippen LogP contribution < -0.4 is 4.74 Å². The molecule has 1 heterocycles. The molecule has 0 aliphatic heterocycles. The van der Waals surface area contributed by atoms with Crippen molar-refractivity contribution in [2.75, 3.05) is 0 Å². The van der Waals surface area contributed by atoms with Crippen molar-refractivity contribution in [2.24, 2.45) is 0 Å². The first-order valence-corrected chi connectivity index (χ1v) is 6.50. The van der Waals surface area contributed by atoms with Crippen molar-refractivity contribution >= 4 is 10.9 Å². The van der Waals surface area contributed by atoms with Crippen LogP contribution in [0.2, 0.25) is 0 Å². The molecule has 0 aliphatic rings. The second-order valence-electron chi connectivity index (χ2n) is 4.56. The number of fused-ring (bicyclic) bond motifs is 1. The zero-order valence-corrected chi connectivity index (χ0v) is 11.0. The zero-order chi connectivity index (χ0) is 13.8. The molecule has 3 heteroatoms. The molecule has 0 unspecified atom stereocenters. The van der Waals surface area contributed by atoms with E-state index in [-0.39, 0.29) is 0 Å². The highest BCUT2D eigenvalue weighted by Gasteiger charge is 2.06. The van der Waals surface area contributed by atoms with Crippen LogP contribution in [0.1, 0.15) is 5.56 Å². The summed E-state index contributed by atoms with van der Waals surface area (Å²) in [5, 5.41) is 9.86. The third-order valence-corrected chi connectivity index (χ3v) is 3.25. The van der Waals surface area contributed by atoms with Gasteiger partial charge in [-0.05, 0) is 23.8 Å². The fourth-order valence-corrected chi connectivity index (χ4v) is 2.27. The third-order valence-electron chi connectivity index (χ3n) is 3.25. The fourth-order valence-electron chi connectivity index (χ4n) is 2.27. The van der Waals surface area contributed by atoms with Crippen LogP contribution in [0.15, 0.2) is 60.8 Å². The molecule has 0 fully saturated rings. The maximum absolute atomic E-state index is 8.82. The maximum atomic E-state index is 8.82. The quantitative estimate of drug-likeness (QED) is 0.718. The third kappa shape index (κ3) is 2.36. The highest BCUT2D eigenvalue weighted by molar-refractivity contribution is 5.86. The predicted molar refractivity (Wildman–Crippen MR) is 78.3 cm³/mol. The fraction of sp³-hybridized carbons (Fsp3) is 0.118. The average Bonchev–Trinajstić information content (AvgIpc) is 2.91. The van der Waals surface area contributed by atoms with Gasteiger partial charge in [0.15, 0.2) is 0 Å². The number of ether oxygens (including phenoxy) is 1. The Labute approximate surface area is 117 Å². The van der Waals surface area contributed by atoms with Crippen LogP contribution in [0.4, 0.5) is 0 Å². The Morgan fingerprint density at radius 3 is 2.65 bits per heavy atom. The Hall–Kier alpha value is -2.73. The molecule has 0 radical (unpaired) electrons. The van der Waals surface area contributed by atoms with Crippen molar-refractivity contribution < 1.29 is 4.74 Å². The molecule has 20 heavy (non-hydrogen) atoms. The molecule has 0 atom stereocenters. The number of hydrogen-bond donors (Lipinski definition) is 0. The zero-order valence-electron chi connectivity index (χ0n) is 11.0. The van der Waals surface area contributed by atoms with E-state index in [1.165, 1.54) is 0 Å². The molecule has 0 saturated carbocycles. The van der Waals surface area contributed by atoms with Gasteiger partial charge in [-0.1, -0.05) is 36.4 Å². The van der Waals surface area contributed by atoms with Gasteiger partial charge in [0.25, 0.3) is 0 Å². The van der Waals surface area contributed by atoms with E-state index in [1.807, 2.05) is 65.4 Å². The van der Waals surface area contributed by atoms with Gasteiger partial charge in [-0.2, -0.15) is 5.26 Å². The lowest BCUT2D eigenvalue weighted by Crippen LogP contribution is -1.96. The van der Waals surface area contributed by atoms with Crippen LogP contribution in [0.5, 0.6) is 5.75 Å². The molecule has 0 saturated heterocycles. The van der Waals surface area contributed by atoms with Crippen LogP contribution in [0, 0.1) is 11.3 Å². The molecule has 0 aliphatic carbocycles. The van der Waals surface area contributed by atoms with Crippen LogP contribution >= 0.6 is 0 Å². The number of rotatable bonds is 4. The van der Waals surface area contributed by atoms with Crippen molar-refractivity contribution in [2.45, 2.75) is 13.2 Å². The number of hydrogen-bond acceptors (Lipinski definition) is 2. The minimum atomic E-state index is 0.353. The van der Waals surface area contributed by atoms with E-state index < -0.39 is 0 Å². The minimum Gasteiger partial charge on any atom is -0.488 e. The lowest BCUT2D eigenvalue weighted by Gasteiger charge is -2.08. The molecule has 0 amide bonds. The van der Waals surface area contributed by atoms with E-state index in [0.29, 0.717) is 13.2 Å². The molecule has 98 valence electrons. The van der Waals surface area contributed by atoms with E-state index >= 15 is 0 Å². The first-order valence-electron chi connectivity index (χ1n) is 6.50. The van der Waals surface area contributed by atoms with E-state index in [1.54, 1.807) is 0 Å². The predicted octanol–water partition coefficient (Wildman–Crippen LogP) is 3.74. The first kappa shape index (κ1) is 12.3. The summed E-state index contributed by atoms with van der Waals surface area (Å²) in [6.45, 7) is 0.898. The summed E-state index contributed by atoms with van der Waals surface area (Å²) in [6.07, 6.45) is 1.92. The summed E-state index contributed by atoms with van der Waals surface area (Å²) < 4.78 is 7.82. The Morgan fingerprint density at radius 2 is 1.85 bits per heavy atom. The van der Waals surface area contributed by atoms with E-state index in [9.17, 15) is 0 Å². The molecular weight excluding hydrogens is 248 g/mol. The van der Waals surface area contributed by atoms with Gasteiger partial charge >= 0.3 is 0 Å². The maximum Gasteiger partial charge on any atom is 0.129 e. The summed E-state index contributed by atoms with van der Waals surface area (Å²) in [5.41, 5.74) is 2.16. The summed E-state index contributed by atoms with van der Waals surface area (Å²) in [7, 11) is 0. The Kier molecular flexibility index (Phi) is 3.38. The molecule has 0 spiro atoms. The van der Waals surface area contributed by atoms with Crippen LogP contribution in [-0.2, 0) is 13.2 Å². The Bertz CT molecular complexity index is 754. The summed E-state index contributed by atoms with van der Waals surface area (Å²) in [4.78, 5) is 0. The average molecular weight is 262 g/mol. The largest absolute Gasteiger partial charge is 0.488 e. The number of nitrogens with zero attached hydrogens (tertiary/aromatic N) is 2. The van der Waals surface area contributed by atoms with Gasteiger partial charge in [-0.25, -0.2) is 0 Å². The van der Waals surface area contributed by atoms with Crippen molar-refractivity contribution in [1.29, 1.82) is 5.26 Å². The highest BCUT2D eigenvalue weighted by atomic mass is 16.5. The van der Waals surface area contributed by atoms with Crippen molar-refractivity contribution in [3.05, 3.63) is 66.4 Å². The SMILES string of the molecule is N#CCn1ccc2c(OCc3ccccc3)cccc21. The summed E-state index contributed by atoms with van der Waals surface area (Å²) in [6, 6.07) is 20.2. The lowest BCUT2D eigenvalue weighted by molar-refractivity contribution is 0.310. The van der Waals surface area contributed by atoms with Crippen LogP contribution in [0.3, 0.4) is 0 Å². The topological polar surface area (TPSA) is 38.0 Å². The van der Waals surface area contributed by atoms with Gasteiger partial charge in [0.2, 0.25) is 0 Å². The van der Waals surface area contributed by atoms with E-state index in [0.717, 1.165) is 22.2 Å². The molecule has 2 aromatic carbocycles. The molecule has 3 rings (SSSR count). The van der Waals surface area contributed by atoms with Crippen LogP contribution in [0.25, 0.3) is 10.9 Å².